The van der Waals surface area contributed by atoms with E-state index in [2.05, 4.69) is 5.32 Å². The highest BCUT2D eigenvalue weighted by Crippen LogP contribution is 2.23. The second-order valence-electron chi connectivity index (χ2n) is 5.03. The first-order valence-electron chi connectivity index (χ1n) is 6.31. The molecule has 0 fully saturated rings. The number of nitrogens with zero attached hydrogens (tertiary/aromatic N) is 1. The van der Waals surface area contributed by atoms with Crippen molar-refractivity contribution in [1.82, 2.24) is 4.90 Å². The van der Waals surface area contributed by atoms with Crippen LogP contribution in [0.25, 0.3) is 0 Å². The summed E-state index contributed by atoms with van der Waals surface area (Å²) in [5.41, 5.74) is 6.49. The molecular weight excluding hydrogens is 278 g/mol. The average Bonchev–Trinajstić information content (AvgIpc) is 2.36. The van der Waals surface area contributed by atoms with Crippen molar-refractivity contribution in [3.05, 3.63) is 28.8 Å². The fourth-order valence-corrected chi connectivity index (χ4v) is 1.70. The van der Waals surface area contributed by atoms with Gasteiger partial charge in [0, 0.05) is 25.2 Å². The van der Waals surface area contributed by atoms with E-state index in [-0.39, 0.29) is 23.8 Å². The Labute approximate surface area is 124 Å². The molecule has 3 N–H and O–H groups in total. The Kier molecular flexibility index (Phi) is 5.53. The van der Waals surface area contributed by atoms with Crippen LogP contribution in [0.5, 0.6) is 0 Å². The Bertz CT molecular complexity index is 515. The molecule has 6 heteroatoms. The summed E-state index contributed by atoms with van der Waals surface area (Å²) in [7, 11) is 3.29. The lowest BCUT2D eigenvalue weighted by Gasteiger charge is -2.18. The minimum absolute atomic E-state index is 0.203. The van der Waals surface area contributed by atoms with E-state index < -0.39 is 0 Å². The van der Waals surface area contributed by atoms with Gasteiger partial charge in [-0.15, -0.1) is 0 Å². The third-order valence-corrected chi connectivity index (χ3v) is 3.31. The predicted octanol–water partition coefficient (Wildman–Crippen LogP) is 1.96. The zero-order chi connectivity index (χ0) is 15.4. The zero-order valence-corrected chi connectivity index (χ0v) is 12.9. The Hall–Kier alpha value is -1.59. The first-order chi connectivity index (χ1) is 9.23. The molecule has 1 aromatic carbocycles. The fraction of sp³-hybridized carbons (Fsp3) is 0.429. The molecule has 0 heterocycles. The monoisotopic (exact) mass is 297 g/mol. The van der Waals surface area contributed by atoms with Crippen molar-refractivity contribution >= 4 is 29.1 Å². The summed E-state index contributed by atoms with van der Waals surface area (Å²) in [4.78, 5) is 25.6. The molecule has 5 nitrogen and oxygen atoms in total. The molecule has 110 valence electrons. The van der Waals surface area contributed by atoms with Crippen molar-refractivity contribution in [2.24, 2.45) is 11.7 Å². The van der Waals surface area contributed by atoms with E-state index >= 15 is 0 Å². The molecule has 0 saturated heterocycles. The summed E-state index contributed by atoms with van der Waals surface area (Å²) in [6.07, 6.45) is 0. The molecule has 1 aromatic rings. The average molecular weight is 298 g/mol. The maximum Gasteiger partial charge on any atom is 0.255 e. The van der Waals surface area contributed by atoms with Gasteiger partial charge in [0.05, 0.1) is 17.2 Å². The second-order valence-corrected chi connectivity index (χ2v) is 5.46. The van der Waals surface area contributed by atoms with E-state index in [1.807, 2.05) is 0 Å². The molecular formula is C14H20ClN3O2. The van der Waals surface area contributed by atoms with Gasteiger partial charge in [-0.1, -0.05) is 18.5 Å². The van der Waals surface area contributed by atoms with Gasteiger partial charge in [0.2, 0.25) is 5.91 Å². The van der Waals surface area contributed by atoms with Crippen LogP contribution >= 0.6 is 11.6 Å². The topological polar surface area (TPSA) is 75.4 Å². The van der Waals surface area contributed by atoms with E-state index in [0.717, 1.165) is 0 Å². The number of carbonyl (C=O) groups is 2. The number of amides is 2. The number of anilines is 1. The lowest BCUT2D eigenvalue weighted by atomic mass is 10.0. The highest BCUT2D eigenvalue weighted by molar-refractivity contribution is 6.31. The molecule has 0 radical (unpaired) electrons. The number of benzene rings is 1. The molecule has 2 unspecified atom stereocenters. The first-order valence-corrected chi connectivity index (χ1v) is 6.69. The first kappa shape index (κ1) is 16.5. The third-order valence-electron chi connectivity index (χ3n) is 3.08. The fourth-order valence-electron chi connectivity index (χ4n) is 1.53. The van der Waals surface area contributed by atoms with Crippen LogP contribution in [-0.4, -0.2) is 36.9 Å². The van der Waals surface area contributed by atoms with Crippen LogP contribution in [-0.2, 0) is 4.79 Å². The minimum Gasteiger partial charge on any atom is -0.345 e. The Morgan fingerprint density at radius 3 is 2.40 bits per heavy atom. The van der Waals surface area contributed by atoms with Crippen LogP contribution in [0.4, 0.5) is 5.69 Å². The van der Waals surface area contributed by atoms with E-state index in [0.29, 0.717) is 16.3 Å². The number of hydrogen-bond acceptors (Lipinski definition) is 3. The van der Waals surface area contributed by atoms with Gasteiger partial charge in [0.1, 0.15) is 0 Å². The maximum absolute atomic E-state index is 12.1. The van der Waals surface area contributed by atoms with Crippen molar-refractivity contribution < 1.29 is 9.59 Å². The molecule has 20 heavy (non-hydrogen) atoms. The largest absolute Gasteiger partial charge is 0.345 e. The predicted molar refractivity (Wildman–Crippen MR) is 80.9 cm³/mol. The SMILES string of the molecule is CC(N)C(C)C(=O)Nc1cc(Cl)ccc1C(=O)N(C)C. The number of carbonyl (C=O) groups excluding carboxylic acids is 2. The molecule has 0 aliphatic heterocycles. The van der Waals surface area contributed by atoms with Gasteiger partial charge in [-0.3, -0.25) is 9.59 Å². The van der Waals surface area contributed by atoms with E-state index in [1.54, 1.807) is 46.1 Å². The maximum atomic E-state index is 12.1. The molecule has 2 amide bonds. The summed E-state index contributed by atoms with van der Waals surface area (Å²) in [5, 5.41) is 3.17. The van der Waals surface area contributed by atoms with Gasteiger partial charge in [-0.2, -0.15) is 0 Å². The van der Waals surface area contributed by atoms with E-state index in [1.165, 1.54) is 4.90 Å². The third kappa shape index (κ3) is 3.95. The normalized spacial score (nSPS) is 13.5. The molecule has 0 spiro atoms. The van der Waals surface area contributed by atoms with Crippen molar-refractivity contribution in [3.8, 4) is 0 Å². The molecule has 2 atom stereocenters. The lowest BCUT2D eigenvalue weighted by Crippen LogP contribution is -2.35. The van der Waals surface area contributed by atoms with Crippen LogP contribution < -0.4 is 11.1 Å². The van der Waals surface area contributed by atoms with Gasteiger partial charge in [-0.05, 0) is 25.1 Å². The summed E-state index contributed by atoms with van der Waals surface area (Å²) in [5.74, 6) is -0.809. The quantitative estimate of drug-likeness (QED) is 0.892. The highest BCUT2D eigenvalue weighted by Gasteiger charge is 2.20. The lowest BCUT2D eigenvalue weighted by molar-refractivity contribution is -0.119. The van der Waals surface area contributed by atoms with Crippen molar-refractivity contribution in [3.63, 3.8) is 0 Å². The number of rotatable bonds is 4. The molecule has 0 saturated carbocycles. The van der Waals surface area contributed by atoms with Gasteiger partial charge in [0.15, 0.2) is 0 Å². The van der Waals surface area contributed by atoms with Crippen LogP contribution in [0.15, 0.2) is 18.2 Å². The van der Waals surface area contributed by atoms with E-state index in [4.69, 9.17) is 17.3 Å². The Balaban J connectivity index is 3.07. The van der Waals surface area contributed by atoms with Crippen molar-refractivity contribution in [1.29, 1.82) is 0 Å². The standard InChI is InChI=1S/C14H20ClN3O2/c1-8(9(2)16)13(19)17-12-7-10(15)5-6-11(12)14(20)18(3)4/h5-9H,16H2,1-4H3,(H,17,19). The van der Waals surface area contributed by atoms with E-state index in [9.17, 15) is 9.59 Å². The number of halogens is 1. The van der Waals surface area contributed by atoms with Gasteiger partial charge in [0.25, 0.3) is 5.91 Å². The summed E-state index contributed by atoms with van der Waals surface area (Å²) in [6.45, 7) is 3.49. The summed E-state index contributed by atoms with van der Waals surface area (Å²) < 4.78 is 0. The number of hydrogen-bond donors (Lipinski definition) is 2. The second kappa shape index (κ2) is 6.72. The number of nitrogens with one attached hydrogen (secondary N) is 1. The van der Waals surface area contributed by atoms with Crippen LogP contribution in [0, 0.1) is 5.92 Å². The number of nitrogens with two attached hydrogens (primary N) is 1. The Morgan fingerprint density at radius 2 is 1.90 bits per heavy atom. The van der Waals surface area contributed by atoms with Crippen molar-refractivity contribution in [2.45, 2.75) is 19.9 Å². The smallest absolute Gasteiger partial charge is 0.255 e. The van der Waals surface area contributed by atoms with Crippen LogP contribution in [0.2, 0.25) is 5.02 Å². The highest BCUT2D eigenvalue weighted by atomic mass is 35.5. The molecule has 1 rings (SSSR count). The summed E-state index contributed by atoms with van der Waals surface area (Å²) in [6, 6.07) is 4.49. The molecule has 0 aliphatic rings. The van der Waals surface area contributed by atoms with Crippen LogP contribution in [0.1, 0.15) is 24.2 Å². The van der Waals surface area contributed by atoms with Gasteiger partial charge >= 0.3 is 0 Å². The molecule has 0 bridgehead atoms. The minimum atomic E-state index is -0.365. The van der Waals surface area contributed by atoms with Crippen molar-refractivity contribution in [2.75, 3.05) is 19.4 Å². The van der Waals surface area contributed by atoms with Gasteiger partial charge in [-0.25, -0.2) is 0 Å². The van der Waals surface area contributed by atoms with Gasteiger partial charge < -0.3 is 16.0 Å². The molecule has 0 aromatic heterocycles. The Morgan fingerprint density at radius 1 is 1.30 bits per heavy atom. The van der Waals surface area contributed by atoms with Crippen LogP contribution in [0.3, 0.4) is 0 Å². The summed E-state index contributed by atoms with van der Waals surface area (Å²) >= 11 is 5.93. The zero-order valence-electron chi connectivity index (χ0n) is 12.1. The molecule has 0 aliphatic carbocycles.